The molecule has 0 amide bonds. The first kappa shape index (κ1) is 6.39. The van der Waals surface area contributed by atoms with Crippen LogP contribution in [0.2, 0.25) is 0 Å². The van der Waals surface area contributed by atoms with E-state index in [1.807, 2.05) is 0 Å². The summed E-state index contributed by atoms with van der Waals surface area (Å²) in [5.74, 6) is 0. The Balaban J connectivity index is 1.97. The molecule has 4 rings (SSSR count). The highest BCUT2D eigenvalue weighted by Gasteiger charge is 2.13. The average molecular weight is 282 g/mol. The van der Waals surface area contributed by atoms with Crippen LogP contribution in [0.25, 0.3) is 33.3 Å². The summed E-state index contributed by atoms with van der Waals surface area (Å²) in [6.45, 7) is -4.92. The first-order chi connectivity index (χ1) is 13.5. The summed E-state index contributed by atoms with van der Waals surface area (Å²) in [7, 11) is 0. The van der Waals surface area contributed by atoms with Crippen molar-refractivity contribution in [2.75, 3.05) is 0 Å². The van der Waals surface area contributed by atoms with Crippen molar-refractivity contribution in [1.29, 1.82) is 0 Å². The molecule has 0 aliphatic heterocycles. The summed E-state index contributed by atoms with van der Waals surface area (Å²) in [5, 5.41) is 1.25. The lowest BCUT2D eigenvalue weighted by Crippen LogP contribution is -1.84. The summed E-state index contributed by atoms with van der Waals surface area (Å²) in [6.07, 6.45) is 1.08. The van der Waals surface area contributed by atoms with Gasteiger partial charge in [0.25, 0.3) is 0 Å². The molecule has 102 valence electrons. The van der Waals surface area contributed by atoms with Gasteiger partial charge in [0, 0.05) is 36.5 Å². The molecule has 0 fully saturated rings. The Kier molecular flexibility index (Phi) is 1.34. The van der Waals surface area contributed by atoms with Gasteiger partial charge >= 0.3 is 0 Å². The van der Waals surface area contributed by atoms with Gasteiger partial charge in [-0.3, -0.25) is 4.98 Å². The minimum absolute atomic E-state index is 0.0969. The molecule has 3 nitrogen and oxygen atoms in total. The highest BCUT2D eigenvalue weighted by molar-refractivity contribution is 6.08. The van der Waals surface area contributed by atoms with Crippen LogP contribution in [0.1, 0.15) is 22.2 Å². The Hall–Kier alpha value is -2.68. The summed E-state index contributed by atoms with van der Waals surface area (Å²) in [4.78, 5) is 8.21. The largest absolute Gasteiger partial charge is 0.437 e. The van der Waals surface area contributed by atoms with Gasteiger partial charge in [-0.1, -0.05) is 18.2 Å². The SMILES string of the molecule is [2H]c1c(C([2H])([2H])[2H])cnc(-c2cccc3c2oc2nc(C([2H])([2H])[2H])ccc23)c1[2H]. The number of pyridine rings is 2. The molecule has 21 heavy (non-hydrogen) atoms. The Labute approximate surface area is 133 Å². The van der Waals surface area contributed by atoms with Gasteiger partial charge in [0.2, 0.25) is 5.71 Å². The van der Waals surface area contributed by atoms with Crippen molar-refractivity contribution in [2.24, 2.45) is 0 Å². The zero-order chi connectivity index (χ0) is 21.1. The van der Waals surface area contributed by atoms with E-state index in [2.05, 4.69) is 9.97 Å². The number of furan rings is 1. The summed E-state index contributed by atoms with van der Waals surface area (Å²) in [5.41, 5.74) is 0.570. The predicted molar refractivity (Wildman–Crippen MR) is 84.2 cm³/mol. The molecule has 0 N–H and O–H groups in total. The van der Waals surface area contributed by atoms with E-state index in [0.717, 1.165) is 6.20 Å². The van der Waals surface area contributed by atoms with Gasteiger partial charge in [-0.25, -0.2) is 4.98 Å². The van der Waals surface area contributed by atoms with Crippen molar-refractivity contribution < 1.29 is 15.4 Å². The second kappa shape index (κ2) is 4.42. The van der Waals surface area contributed by atoms with Crippen LogP contribution < -0.4 is 0 Å². The van der Waals surface area contributed by atoms with E-state index in [1.54, 1.807) is 24.3 Å². The second-order valence-corrected chi connectivity index (χ2v) is 4.60. The van der Waals surface area contributed by atoms with Crippen LogP contribution in [0.5, 0.6) is 0 Å². The quantitative estimate of drug-likeness (QED) is 0.509. The van der Waals surface area contributed by atoms with Crippen LogP contribution in [0, 0.1) is 13.7 Å². The third-order valence-electron chi connectivity index (χ3n) is 3.26. The highest BCUT2D eigenvalue weighted by atomic mass is 16.3. The van der Waals surface area contributed by atoms with Crippen molar-refractivity contribution in [3.63, 3.8) is 0 Å². The minimum atomic E-state index is -2.54. The van der Waals surface area contributed by atoms with E-state index in [-0.39, 0.29) is 28.7 Å². The fraction of sp³-hybridized carbons (Fsp3) is 0.111. The average Bonchev–Trinajstić information content (AvgIpc) is 3.00. The van der Waals surface area contributed by atoms with E-state index in [1.165, 1.54) is 6.07 Å². The summed E-state index contributed by atoms with van der Waals surface area (Å²) < 4.78 is 67.1. The fourth-order valence-electron chi connectivity index (χ4n) is 2.32. The smallest absolute Gasteiger partial charge is 0.227 e. The molecule has 0 spiro atoms. The van der Waals surface area contributed by atoms with Crippen molar-refractivity contribution in [2.45, 2.75) is 13.7 Å². The third kappa shape index (κ3) is 1.89. The molecule has 0 unspecified atom stereocenters. The highest BCUT2D eigenvalue weighted by Crippen LogP contribution is 2.34. The van der Waals surface area contributed by atoms with Crippen LogP contribution in [0.3, 0.4) is 0 Å². The molecule has 0 bridgehead atoms. The van der Waals surface area contributed by atoms with Crippen molar-refractivity contribution >= 4 is 22.1 Å². The standard InChI is InChI=1S/C18H14N2O/c1-11-6-9-16(19-10-11)15-5-3-4-13-14-8-7-12(2)20-18(14)21-17(13)15/h3-10H,1-2H3/i1D3,2D3,6D,9D. The van der Waals surface area contributed by atoms with Crippen LogP contribution in [-0.4, -0.2) is 9.97 Å². The molecule has 0 aliphatic rings. The van der Waals surface area contributed by atoms with Crippen LogP contribution in [0.4, 0.5) is 0 Å². The van der Waals surface area contributed by atoms with E-state index < -0.39 is 19.7 Å². The second-order valence-electron chi connectivity index (χ2n) is 4.60. The zero-order valence-electron chi connectivity index (χ0n) is 18.8. The molecule has 3 heteroatoms. The van der Waals surface area contributed by atoms with Gasteiger partial charge in [0.1, 0.15) is 5.58 Å². The maximum absolute atomic E-state index is 8.25. The fourth-order valence-corrected chi connectivity index (χ4v) is 2.32. The molecule has 0 saturated heterocycles. The molecular weight excluding hydrogens is 260 g/mol. The zero-order valence-corrected chi connectivity index (χ0v) is 10.8. The molecule has 0 radical (unpaired) electrons. The van der Waals surface area contributed by atoms with Crippen molar-refractivity contribution in [3.05, 3.63) is 59.9 Å². The molecule has 0 atom stereocenters. The molecule has 0 aliphatic carbocycles. The normalized spacial score (nSPS) is 18.1. The minimum Gasteiger partial charge on any atom is -0.437 e. The summed E-state index contributed by atoms with van der Waals surface area (Å²) >= 11 is 0. The van der Waals surface area contributed by atoms with Crippen molar-refractivity contribution in [1.82, 2.24) is 9.97 Å². The Bertz CT molecular complexity index is 1260. The molecule has 3 aromatic heterocycles. The first-order valence-electron chi connectivity index (χ1n) is 10.3. The molecular formula is C18H14N2O. The number of para-hydroxylation sites is 1. The van der Waals surface area contributed by atoms with Gasteiger partial charge in [-0.15, -0.1) is 0 Å². The number of aryl methyl sites for hydroxylation is 2. The van der Waals surface area contributed by atoms with Crippen LogP contribution in [0.15, 0.2) is 53.0 Å². The van der Waals surface area contributed by atoms with Gasteiger partial charge in [-0.05, 0) is 43.5 Å². The van der Waals surface area contributed by atoms with E-state index in [9.17, 15) is 0 Å². The number of aromatic nitrogens is 2. The van der Waals surface area contributed by atoms with Gasteiger partial charge in [0.15, 0.2) is 0 Å². The number of benzene rings is 1. The number of rotatable bonds is 1. The molecule has 3 heterocycles. The number of hydrogen-bond donors (Lipinski definition) is 0. The van der Waals surface area contributed by atoms with Crippen LogP contribution >= 0.6 is 0 Å². The van der Waals surface area contributed by atoms with Gasteiger partial charge in [-0.2, -0.15) is 0 Å². The molecule has 0 saturated carbocycles. The number of nitrogens with zero attached hydrogens (tertiary/aromatic N) is 2. The topological polar surface area (TPSA) is 38.9 Å². The monoisotopic (exact) mass is 282 g/mol. The maximum Gasteiger partial charge on any atom is 0.227 e. The Morgan fingerprint density at radius 2 is 2.10 bits per heavy atom. The van der Waals surface area contributed by atoms with E-state index >= 15 is 0 Å². The molecule has 4 aromatic rings. The first-order valence-corrected chi connectivity index (χ1v) is 6.28. The lowest BCUT2D eigenvalue weighted by Gasteiger charge is -2.01. The van der Waals surface area contributed by atoms with E-state index in [0.29, 0.717) is 21.9 Å². The third-order valence-corrected chi connectivity index (χ3v) is 3.26. The Morgan fingerprint density at radius 1 is 1.10 bits per heavy atom. The maximum atomic E-state index is 8.25. The predicted octanol–water partition coefficient (Wildman–Crippen LogP) is 4.66. The Morgan fingerprint density at radius 3 is 3.00 bits per heavy atom. The van der Waals surface area contributed by atoms with Crippen LogP contribution in [-0.2, 0) is 0 Å². The number of fused-ring (bicyclic) bond motifs is 3. The lowest BCUT2D eigenvalue weighted by molar-refractivity contribution is 0.653. The van der Waals surface area contributed by atoms with Gasteiger partial charge < -0.3 is 4.42 Å². The van der Waals surface area contributed by atoms with Crippen molar-refractivity contribution in [3.8, 4) is 11.3 Å². The number of hydrogen-bond acceptors (Lipinski definition) is 3. The van der Waals surface area contributed by atoms with E-state index in [4.69, 9.17) is 15.4 Å². The molecule has 1 aromatic carbocycles. The van der Waals surface area contributed by atoms with Gasteiger partial charge in [0.05, 0.1) is 8.44 Å². The lowest BCUT2D eigenvalue weighted by atomic mass is 10.1. The summed E-state index contributed by atoms with van der Waals surface area (Å²) in [6, 6.07) is 7.40.